The molecule has 1 unspecified atom stereocenters. The van der Waals surface area contributed by atoms with Crippen LogP contribution in [0, 0.1) is 5.41 Å². The number of carbonyl (C=O) groups is 2. The number of likely N-dealkylation sites (tertiary alicyclic amines) is 2. The second kappa shape index (κ2) is 7.91. The molecule has 0 aliphatic carbocycles. The molecule has 2 aliphatic rings. The maximum atomic E-state index is 13.3. The van der Waals surface area contributed by atoms with Gasteiger partial charge in [0.25, 0.3) is 0 Å². The summed E-state index contributed by atoms with van der Waals surface area (Å²) in [4.78, 5) is 29.4. The molecule has 0 radical (unpaired) electrons. The molecule has 1 aromatic rings. The third-order valence-corrected chi connectivity index (χ3v) is 5.90. The summed E-state index contributed by atoms with van der Waals surface area (Å²) in [6, 6.07) is 8.68. The normalized spacial score (nSPS) is 23.0. The van der Waals surface area contributed by atoms with Crippen molar-refractivity contribution < 1.29 is 9.59 Å². The van der Waals surface area contributed by atoms with E-state index in [4.69, 9.17) is 0 Å². The van der Waals surface area contributed by atoms with Gasteiger partial charge in [0, 0.05) is 32.2 Å². The molecule has 5 nitrogen and oxygen atoms in total. The van der Waals surface area contributed by atoms with Crippen molar-refractivity contribution in [3.05, 3.63) is 35.4 Å². The predicted molar refractivity (Wildman–Crippen MR) is 107 cm³/mol. The Morgan fingerprint density at radius 1 is 1.11 bits per heavy atom. The number of hydrogen-bond donors (Lipinski definition) is 1. The molecule has 1 N–H and O–H groups in total. The third-order valence-electron chi connectivity index (χ3n) is 5.90. The minimum absolute atomic E-state index is 0.0453. The van der Waals surface area contributed by atoms with Crippen LogP contribution in [0.5, 0.6) is 0 Å². The van der Waals surface area contributed by atoms with Crippen LogP contribution in [0.1, 0.15) is 64.0 Å². The Labute approximate surface area is 163 Å². The van der Waals surface area contributed by atoms with E-state index < -0.39 is 0 Å². The first-order valence-electron chi connectivity index (χ1n) is 10.2. The van der Waals surface area contributed by atoms with Crippen LogP contribution in [0.25, 0.3) is 0 Å². The van der Waals surface area contributed by atoms with E-state index in [0.29, 0.717) is 25.6 Å². The largest absolute Gasteiger partial charge is 0.338 e. The van der Waals surface area contributed by atoms with Gasteiger partial charge in [0.2, 0.25) is 5.91 Å². The number of nitrogens with one attached hydrogen (secondary N) is 1. The molecule has 2 heterocycles. The summed E-state index contributed by atoms with van der Waals surface area (Å²) in [6.45, 7) is 11.0. The zero-order chi connectivity index (χ0) is 19.6. The fraction of sp³-hybridized carbons (Fsp3) is 0.636. The first-order chi connectivity index (χ1) is 12.8. The minimum Gasteiger partial charge on any atom is -0.338 e. The van der Waals surface area contributed by atoms with Crippen LogP contribution in [0.2, 0.25) is 0 Å². The minimum atomic E-state index is -0.384. The molecule has 2 fully saturated rings. The van der Waals surface area contributed by atoms with Crippen LogP contribution in [-0.4, -0.2) is 47.4 Å². The van der Waals surface area contributed by atoms with E-state index in [2.05, 4.69) is 43.4 Å². The highest BCUT2D eigenvalue weighted by atomic mass is 16.2. The van der Waals surface area contributed by atoms with E-state index in [1.165, 1.54) is 11.1 Å². The van der Waals surface area contributed by atoms with Gasteiger partial charge in [-0.15, -0.1) is 0 Å². The number of rotatable bonds is 4. The highest BCUT2D eigenvalue weighted by Gasteiger charge is 2.49. The third kappa shape index (κ3) is 4.28. The summed E-state index contributed by atoms with van der Waals surface area (Å²) < 4.78 is 0. The lowest BCUT2D eigenvalue weighted by Crippen LogP contribution is -2.51. The summed E-state index contributed by atoms with van der Waals surface area (Å²) in [6.07, 6.45) is 2.68. The van der Waals surface area contributed by atoms with Crippen molar-refractivity contribution in [2.75, 3.05) is 19.6 Å². The second-order valence-corrected chi connectivity index (χ2v) is 8.78. The predicted octanol–water partition coefficient (Wildman–Crippen LogP) is 3.74. The van der Waals surface area contributed by atoms with E-state index in [0.717, 1.165) is 25.8 Å². The number of carbonyl (C=O) groups excluding carboxylic acids is 2. The molecule has 0 bridgehead atoms. The van der Waals surface area contributed by atoms with Crippen LogP contribution < -0.4 is 5.32 Å². The van der Waals surface area contributed by atoms with Crippen LogP contribution in [0.4, 0.5) is 4.79 Å². The Hall–Kier alpha value is -2.04. The van der Waals surface area contributed by atoms with Gasteiger partial charge in [0.15, 0.2) is 0 Å². The SMILES string of the molecule is CC(C)NC(=O)N1CCC2(CCCN(Cc3ccc(C(C)C)cc3)C2=O)C1. The topological polar surface area (TPSA) is 52.7 Å². The highest BCUT2D eigenvalue weighted by Crippen LogP contribution is 2.40. The highest BCUT2D eigenvalue weighted by molar-refractivity contribution is 5.86. The van der Waals surface area contributed by atoms with Crippen molar-refractivity contribution in [3.63, 3.8) is 0 Å². The fourth-order valence-electron chi connectivity index (χ4n) is 4.29. The molecule has 27 heavy (non-hydrogen) atoms. The summed E-state index contributed by atoms with van der Waals surface area (Å²) in [7, 11) is 0. The molecule has 148 valence electrons. The number of urea groups is 1. The van der Waals surface area contributed by atoms with E-state index >= 15 is 0 Å². The van der Waals surface area contributed by atoms with E-state index in [1.54, 1.807) is 0 Å². The van der Waals surface area contributed by atoms with E-state index in [-0.39, 0.29) is 23.4 Å². The smallest absolute Gasteiger partial charge is 0.317 e. The molecular formula is C22H33N3O2. The molecule has 1 aromatic carbocycles. The summed E-state index contributed by atoms with van der Waals surface area (Å²) in [5.74, 6) is 0.738. The molecule has 2 saturated heterocycles. The first kappa shape index (κ1) is 19.7. The average molecular weight is 372 g/mol. The van der Waals surface area contributed by atoms with Crippen molar-refractivity contribution in [2.24, 2.45) is 5.41 Å². The zero-order valence-electron chi connectivity index (χ0n) is 17.1. The first-order valence-corrected chi connectivity index (χ1v) is 10.2. The van der Waals surface area contributed by atoms with E-state index in [1.807, 2.05) is 23.6 Å². The van der Waals surface area contributed by atoms with Crippen molar-refractivity contribution in [3.8, 4) is 0 Å². The van der Waals surface area contributed by atoms with Crippen LogP contribution in [0.15, 0.2) is 24.3 Å². The van der Waals surface area contributed by atoms with Gasteiger partial charge in [0.05, 0.1) is 5.41 Å². The molecule has 5 heteroatoms. The number of benzene rings is 1. The number of hydrogen-bond acceptors (Lipinski definition) is 2. The standard InChI is InChI=1S/C22H33N3O2/c1-16(2)19-8-6-18(7-9-19)14-24-12-5-10-22(20(24)26)11-13-25(15-22)21(27)23-17(3)4/h6-9,16-17H,5,10-15H2,1-4H3,(H,23,27). The van der Waals surface area contributed by atoms with Gasteiger partial charge in [-0.05, 0) is 50.2 Å². The van der Waals surface area contributed by atoms with Gasteiger partial charge < -0.3 is 15.1 Å². The Morgan fingerprint density at radius 2 is 1.81 bits per heavy atom. The maximum absolute atomic E-state index is 13.3. The van der Waals surface area contributed by atoms with Crippen molar-refractivity contribution in [1.29, 1.82) is 0 Å². The number of piperidine rings is 1. The Balaban J connectivity index is 1.66. The molecule has 1 spiro atoms. The summed E-state index contributed by atoms with van der Waals surface area (Å²) in [5.41, 5.74) is 2.12. The Kier molecular flexibility index (Phi) is 5.78. The molecule has 2 aliphatic heterocycles. The van der Waals surface area contributed by atoms with Gasteiger partial charge in [0.1, 0.15) is 0 Å². The summed E-state index contributed by atoms with van der Waals surface area (Å²) in [5, 5.41) is 2.95. The lowest BCUT2D eigenvalue weighted by atomic mass is 9.78. The van der Waals surface area contributed by atoms with Crippen molar-refractivity contribution in [2.45, 2.75) is 65.5 Å². The van der Waals surface area contributed by atoms with Gasteiger partial charge >= 0.3 is 6.03 Å². The fourth-order valence-corrected chi connectivity index (χ4v) is 4.29. The van der Waals surface area contributed by atoms with Gasteiger partial charge in [-0.2, -0.15) is 0 Å². The second-order valence-electron chi connectivity index (χ2n) is 8.78. The van der Waals surface area contributed by atoms with Crippen LogP contribution in [0.3, 0.4) is 0 Å². The number of nitrogens with zero attached hydrogens (tertiary/aromatic N) is 2. The lowest BCUT2D eigenvalue weighted by molar-refractivity contribution is -0.146. The van der Waals surface area contributed by atoms with E-state index in [9.17, 15) is 9.59 Å². The average Bonchev–Trinajstić information content (AvgIpc) is 3.04. The Bertz CT molecular complexity index is 683. The molecular weight excluding hydrogens is 338 g/mol. The lowest BCUT2D eigenvalue weighted by Gasteiger charge is -2.39. The maximum Gasteiger partial charge on any atom is 0.317 e. The zero-order valence-corrected chi connectivity index (χ0v) is 17.1. The quantitative estimate of drug-likeness (QED) is 0.876. The molecule has 3 rings (SSSR count). The van der Waals surface area contributed by atoms with Gasteiger partial charge in [-0.1, -0.05) is 38.1 Å². The van der Waals surface area contributed by atoms with Crippen molar-refractivity contribution in [1.82, 2.24) is 15.1 Å². The van der Waals surface area contributed by atoms with Crippen molar-refractivity contribution >= 4 is 11.9 Å². The Morgan fingerprint density at radius 3 is 2.44 bits per heavy atom. The molecule has 0 saturated carbocycles. The van der Waals surface area contributed by atoms with Crippen LogP contribution in [-0.2, 0) is 11.3 Å². The van der Waals surface area contributed by atoms with Crippen LogP contribution >= 0.6 is 0 Å². The number of amides is 3. The monoisotopic (exact) mass is 371 g/mol. The van der Waals surface area contributed by atoms with Gasteiger partial charge in [-0.3, -0.25) is 4.79 Å². The van der Waals surface area contributed by atoms with Gasteiger partial charge in [-0.25, -0.2) is 4.79 Å². The molecule has 3 amide bonds. The summed E-state index contributed by atoms with van der Waals surface area (Å²) >= 11 is 0. The molecule has 0 aromatic heterocycles. The molecule has 1 atom stereocenters.